The Kier molecular flexibility index (Phi) is 3.38. The highest BCUT2D eigenvalue weighted by Gasteiger charge is 2.26. The Labute approximate surface area is 133 Å². The van der Waals surface area contributed by atoms with E-state index in [-0.39, 0.29) is 23.4 Å². The SMILES string of the molecule is O=[N+]([O-])c1ccccc1CC1NCCc2cc3c(cc21)OCO3. The highest BCUT2D eigenvalue weighted by Crippen LogP contribution is 2.39. The van der Waals surface area contributed by atoms with Crippen molar-refractivity contribution in [2.24, 2.45) is 0 Å². The number of fused-ring (bicyclic) bond motifs is 2. The summed E-state index contributed by atoms with van der Waals surface area (Å²) >= 11 is 0. The van der Waals surface area contributed by atoms with Gasteiger partial charge in [0.1, 0.15) is 0 Å². The second-order valence-corrected chi connectivity index (χ2v) is 5.75. The molecule has 0 saturated carbocycles. The number of benzene rings is 2. The first-order chi connectivity index (χ1) is 11.2. The molecule has 23 heavy (non-hydrogen) atoms. The minimum atomic E-state index is -0.321. The number of hydrogen-bond acceptors (Lipinski definition) is 5. The van der Waals surface area contributed by atoms with Crippen molar-refractivity contribution in [2.45, 2.75) is 18.9 Å². The molecule has 2 aliphatic rings. The Bertz CT molecular complexity index is 775. The van der Waals surface area contributed by atoms with Crippen molar-refractivity contribution in [1.29, 1.82) is 0 Å². The first-order valence-corrected chi connectivity index (χ1v) is 7.60. The lowest BCUT2D eigenvalue weighted by Gasteiger charge is -2.27. The van der Waals surface area contributed by atoms with Gasteiger partial charge in [-0.15, -0.1) is 0 Å². The quantitative estimate of drug-likeness (QED) is 0.697. The molecule has 0 bridgehead atoms. The monoisotopic (exact) mass is 312 g/mol. The molecule has 1 N–H and O–H groups in total. The highest BCUT2D eigenvalue weighted by atomic mass is 16.7. The minimum Gasteiger partial charge on any atom is -0.454 e. The van der Waals surface area contributed by atoms with E-state index >= 15 is 0 Å². The predicted octanol–water partition coefficient (Wildman–Crippen LogP) is 2.75. The number of nitrogens with one attached hydrogen (secondary N) is 1. The molecule has 0 amide bonds. The Balaban J connectivity index is 1.69. The van der Waals surface area contributed by atoms with E-state index in [1.807, 2.05) is 24.3 Å². The van der Waals surface area contributed by atoms with Crippen LogP contribution in [0, 0.1) is 10.1 Å². The number of para-hydroxylation sites is 1. The van der Waals surface area contributed by atoms with Gasteiger partial charge in [-0.1, -0.05) is 18.2 Å². The Morgan fingerprint density at radius 2 is 2.00 bits per heavy atom. The molecule has 6 heteroatoms. The third-order valence-corrected chi connectivity index (χ3v) is 4.41. The summed E-state index contributed by atoms with van der Waals surface area (Å²) in [5.74, 6) is 1.54. The maximum Gasteiger partial charge on any atom is 0.272 e. The molecule has 2 heterocycles. The third-order valence-electron chi connectivity index (χ3n) is 4.41. The number of hydrogen-bond donors (Lipinski definition) is 1. The van der Waals surface area contributed by atoms with Gasteiger partial charge in [-0.05, 0) is 42.6 Å². The van der Waals surface area contributed by atoms with Gasteiger partial charge in [0.25, 0.3) is 5.69 Å². The molecule has 0 spiro atoms. The summed E-state index contributed by atoms with van der Waals surface area (Å²) in [6.07, 6.45) is 1.49. The predicted molar refractivity (Wildman–Crippen MR) is 83.8 cm³/mol. The molecule has 118 valence electrons. The van der Waals surface area contributed by atoms with Crippen LogP contribution in [0.3, 0.4) is 0 Å². The maximum atomic E-state index is 11.2. The summed E-state index contributed by atoms with van der Waals surface area (Å²) in [5.41, 5.74) is 3.26. The van der Waals surface area contributed by atoms with Crippen molar-refractivity contribution >= 4 is 5.69 Å². The fraction of sp³-hybridized carbons (Fsp3) is 0.294. The lowest BCUT2D eigenvalue weighted by molar-refractivity contribution is -0.385. The van der Waals surface area contributed by atoms with Gasteiger partial charge in [0.05, 0.1) is 4.92 Å². The van der Waals surface area contributed by atoms with E-state index in [1.54, 1.807) is 12.1 Å². The van der Waals surface area contributed by atoms with Crippen LogP contribution in [0.1, 0.15) is 22.7 Å². The molecule has 6 nitrogen and oxygen atoms in total. The highest BCUT2D eigenvalue weighted by molar-refractivity contribution is 5.51. The molecule has 0 fully saturated rings. The normalized spacial score (nSPS) is 18.5. The summed E-state index contributed by atoms with van der Waals surface area (Å²) in [5, 5.41) is 14.7. The zero-order valence-electron chi connectivity index (χ0n) is 12.5. The molecule has 0 saturated heterocycles. The zero-order chi connectivity index (χ0) is 15.8. The van der Waals surface area contributed by atoms with Crippen molar-refractivity contribution in [3.8, 4) is 11.5 Å². The van der Waals surface area contributed by atoms with Gasteiger partial charge in [0.2, 0.25) is 6.79 Å². The van der Waals surface area contributed by atoms with E-state index in [4.69, 9.17) is 9.47 Å². The smallest absolute Gasteiger partial charge is 0.272 e. The number of ether oxygens (including phenoxy) is 2. The van der Waals surface area contributed by atoms with E-state index in [0.29, 0.717) is 6.42 Å². The van der Waals surface area contributed by atoms with E-state index in [2.05, 4.69) is 5.32 Å². The van der Waals surface area contributed by atoms with Crippen molar-refractivity contribution in [1.82, 2.24) is 5.32 Å². The fourth-order valence-electron chi connectivity index (χ4n) is 3.30. The van der Waals surface area contributed by atoms with E-state index < -0.39 is 0 Å². The van der Waals surface area contributed by atoms with Crippen LogP contribution in [0.25, 0.3) is 0 Å². The molecule has 0 aliphatic carbocycles. The largest absolute Gasteiger partial charge is 0.454 e. The number of nitrogens with zero attached hydrogens (tertiary/aromatic N) is 1. The Hall–Kier alpha value is -2.60. The molecule has 1 unspecified atom stereocenters. The lowest BCUT2D eigenvalue weighted by Crippen LogP contribution is -2.31. The van der Waals surface area contributed by atoms with Crippen LogP contribution in [-0.4, -0.2) is 18.3 Å². The van der Waals surface area contributed by atoms with Crippen LogP contribution < -0.4 is 14.8 Å². The molecular weight excluding hydrogens is 296 g/mol. The number of nitro groups is 1. The van der Waals surface area contributed by atoms with Gasteiger partial charge in [-0.3, -0.25) is 10.1 Å². The molecule has 2 aromatic rings. The second-order valence-electron chi connectivity index (χ2n) is 5.75. The van der Waals surface area contributed by atoms with Gasteiger partial charge >= 0.3 is 0 Å². The van der Waals surface area contributed by atoms with Crippen LogP contribution in [0.4, 0.5) is 5.69 Å². The van der Waals surface area contributed by atoms with E-state index in [9.17, 15) is 10.1 Å². The average Bonchev–Trinajstić information content (AvgIpc) is 3.01. The molecule has 0 radical (unpaired) electrons. The van der Waals surface area contributed by atoms with Crippen LogP contribution in [0.15, 0.2) is 36.4 Å². The fourth-order valence-corrected chi connectivity index (χ4v) is 3.30. The van der Waals surface area contributed by atoms with Gasteiger partial charge in [0.15, 0.2) is 11.5 Å². The molecular formula is C17H16N2O4. The van der Waals surface area contributed by atoms with Crippen molar-refractivity contribution in [3.63, 3.8) is 0 Å². The van der Waals surface area contributed by atoms with E-state index in [1.165, 1.54) is 5.56 Å². The number of nitro benzene ring substituents is 1. The van der Waals surface area contributed by atoms with Crippen LogP contribution in [-0.2, 0) is 12.8 Å². The standard InChI is InChI=1S/C17H16N2O4/c20-19(21)15-4-2-1-3-12(15)7-14-13-9-17-16(22-10-23-17)8-11(13)5-6-18-14/h1-4,8-9,14,18H,5-7,10H2. The van der Waals surface area contributed by atoms with Crippen molar-refractivity contribution in [2.75, 3.05) is 13.3 Å². The minimum absolute atomic E-state index is 0.0364. The molecule has 0 aromatic heterocycles. The van der Waals surface area contributed by atoms with Crippen LogP contribution in [0.5, 0.6) is 11.5 Å². The van der Waals surface area contributed by atoms with Crippen molar-refractivity contribution < 1.29 is 14.4 Å². The summed E-state index contributed by atoms with van der Waals surface area (Å²) < 4.78 is 10.9. The second kappa shape index (κ2) is 5.55. The van der Waals surface area contributed by atoms with Gasteiger partial charge in [-0.2, -0.15) is 0 Å². The van der Waals surface area contributed by atoms with Crippen LogP contribution >= 0.6 is 0 Å². The van der Waals surface area contributed by atoms with Gasteiger partial charge in [0, 0.05) is 17.7 Å². The van der Waals surface area contributed by atoms with Crippen LogP contribution in [0.2, 0.25) is 0 Å². The summed E-state index contributed by atoms with van der Waals surface area (Å²) in [7, 11) is 0. The molecule has 4 rings (SSSR count). The Morgan fingerprint density at radius 3 is 2.83 bits per heavy atom. The number of rotatable bonds is 3. The first kappa shape index (κ1) is 14.0. The maximum absolute atomic E-state index is 11.2. The molecule has 1 atom stereocenters. The van der Waals surface area contributed by atoms with Gasteiger partial charge in [-0.25, -0.2) is 0 Å². The summed E-state index contributed by atoms with van der Waals surface area (Å²) in [6.45, 7) is 1.10. The Morgan fingerprint density at radius 1 is 1.22 bits per heavy atom. The molecule has 2 aromatic carbocycles. The first-order valence-electron chi connectivity index (χ1n) is 7.60. The summed E-state index contributed by atoms with van der Waals surface area (Å²) in [6, 6.07) is 11.0. The third kappa shape index (κ3) is 2.51. The lowest BCUT2D eigenvalue weighted by atomic mass is 9.89. The topological polar surface area (TPSA) is 73.6 Å². The van der Waals surface area contributed by atoms with Crippen molar-refractivity contribution in [3.05, 3.63) is 63.2 Å². The zero-order valence-corrected chi connectivity index (χ0v) is 12.5. The average molecular weight is 312 g/mol. The van der Waals surface area contributed by atoms with Gasteiger partial charge < -0.3 is 14.8 Å². The molecule has 2 aliphatic heterocycles. The van der Waals surface area contributed by atoms with E-state index in [0.717, 1.165) is 35.6 Å². The summed E-state index contributed by atoms with van der Waals surface area (Å²) in [4.78, 5) is 10.9.